The molecule has 2 heterocycles. The first-order valence-corrected chi connectivity index (χ1v) is 14.0. The van der Waals surface area contributed by atoms with Crippen LogP contribution in [0, 0.1) is 0 Å². The van der Waals surface area contributed by atoms with Crippen LogP contribution in [0.4, 0.5) is 0 Å². The Morgan fingerprint density at radius 3 is 1.89 bits per heavy atom. The Morgan fingerprint density at radius 2 is 1.16 bits per heavy atom. The molecule has 1 saturated heterocycles. The van der Waals surface area contributed by atoms with Gasteiger partial charge in [0.1, 0.15) is 0 Å². The van der Waals surface area contributed by atoms with E-state index in [0.717, 1.165) is 5.46 Å². The van der Waals surface area contributed by atoms with Crippen molar-refractivity contribution in [2.24, 2.45) is 0 Å². The van der Waals surface area contributed by atoms with Gasteiger partial charge in [0.2, 0.25) is 0 Å². The topological polar surface area (TPSA) is 18.5 Å². The normalized spacial score (nSPS) is 17.0. The third kappa shape index (κ3) is 3.82. The molecule has 2 nitrogen and oxygen atoms in total. The maximum Gasteiger partial charge on any atom is 0.494 e. The van der Waals surface area contributed by atoms with Gasteiger partial charge in [0.05, 0.1) is 11.2 Å². The van der Waals surface area contributed by atoms with Gasteiger partial charge in [-0.05, 0) is 96.2 Å². The molecule has 5 aromatic rings. The highest BCUT2D eigenvalue weighted by Crippen LogP contribution is 2.48. The molecule has 2 aliphatic rings. The molecule has 0 radical (unpaired) electrons. The Balaban J connectivity index is 1.21. The van der Waals surface area contributed by atoms with Gasteiger partial charge < -0.3 is 9.31 Å². The molecular weight excluding hydrogens is 483 g/mol. The molecule has 7 rings (SSSR count). The maximum atomic E-state index is 6.24. The van der Waals surface area contributed by atoms with E-state index in [2.05, 4.69) is 131 Å². The number of hydrogen-bond donors (Lipinski definition) is 0. The summed E-state index contributed by atoms with van der Waals surface area (Å²) in [6.45, 7) is 8.35. The molecule has 0 amide bonds. The van der Waals surface area contributed by atoms with E-state index in [0.29, 0.717) is 0 Å². The van der Waals surface area contributed by atoms with Gasteiger partial charge in [0.15, 0.2) is 0 Å². The number of hydrogen-bond acceptors (Lipinski definition) is 3. The Morgan fingerprint density at radius 1 is 0.553 bits per heavy atom. The highest BCUT2D eigenvalue weighted by Gasteiger charge is 2.51. The van der Waals surface area contributed by atoms with Crippen molar-refractivity contribution >= 4 is 35.1 Å². The van der Waals surface area contributed by atoms with E-state index in [1.165, 1.54) is 53.9 Å². The van der Waals surface area contributed by atoms with Gasteiger partial charge in [0, 0.05) is 15.2 Å². The third-order valence-corrected chi connectivity index (χ3v) is 9.46. The van der Waals surface area contributed by atoms with Crippen LogP contribution in [0.5, 0.6) is 0 Å². The summed E-state index contributed by atoms with van der Waals surface area (Å²) in [6.07, 6.45) is 0. The molecule has 186 valence electrons. The molecule has 0 bridgehead atoms. The van der Waals surface area contributed by atoms with Crippen molar-refractivity contribution in [2.45, 2.75) is 48.7 Å². The zero-order valence-electron chi connectivity index (χ0n) is 22.1. The highest BCUT2D eigenvalue weighted by molar-refractivity contribution is 7.99. The van der Waals surface area contributed by atoms with Crippen LogP contribution in [0.3, 0.4) is 0 Å². The second kappa shape index (κ2) is 8.61. The van der Waals surface area contributed by atoms with Gasteiger partial charge in [-0.1, -0.05) is 90.6 Å². The zero-order chi connectivity index (χ0) is 26.1. The number of benzene rings is 5. The molecule has 0 unspecified atom stereocenters. The van der Waals surface area contributed by atoms with Crippen LogP contribution in [0.25, 0.3) is 44.2 Å². The second-order valence-corrected chi connectivity index (χ2v) is 12.3. The largest absolute Gasteiger partial charge is 0.494 e. The van der Waals surface area contributed by atoms with Crippen molar-refractivity contribution in [3.63, 3.8) is 0 Å². The number of fused-ring (bicyclic) bond motifs is 2. The summed E-state index contributed by atoms with van der Waals surface area (Å²) in [7, 11) is -0.344. The van der Waals surface area contributed by atoms with Crippen LogP contribution in [-0.4, -0.2) is 18.3 Å². The summed E-state index contributed by atoms with van der Waals surface area (Å²) >= 11 is 1.87. The molecule has 4 heteroatoms. The summed E-state index contributed by atoms with van der Waals surface area (Å²) < 4.78 is 12.5. The maximum absolute atomic E-state index is 6.24. The van der Waals surface area contributed by atoms with Crippen molar-refractivity contribution in [1.29, 1.82) is 0 Å². The molecule has 5 aromatic carbocycles. The Hall–Kier alpha value is -3.31. The van der Waals surface area contributed by atoms with Gasteiger partial charge in [-0.2, -0.15) is 0 Å². The summed E-state index contributed by atoms with van der Waals surface area (Å²) in [5.41, 5.74) is 7.83. The van der Waals surface area contributed by atoms with Crippen molar-refractivity contribution in [2.75, 3.05) is 0 Å². The Labute approximate surface area is 229 Å². The summed E-state index contributed by atoms with van der Waals surface area (Å²) in [5, 5.41) is 2.66. The first kappa shape index (κ1) is 23.8. The molecule has 0 N–H and O–H groups in total. The average Bonchev–Trinajstić information content (AvgIpc) is 3.15. The lowest BCUT2D eigenvalue weighted by molar-refractivity contribution is 0.00578. The minimum absolute atomic E-state index is 0.342. The van der Waals surface area contributed by atoms with E-state index < -0.39 is 0 Å². The minimum Gasteiger partial charge on any atom is -0.399 e. The van der Waals surface area contributed by atoms with Crippen LogP contribution in [0.2, 0.25) is 0 Å². The molecule has 1 fully saturated rings. The fraction of sp³-hybridized carbons (Fsp3) is 0.176. The van der Waals surface area contributed by atoms with E-state index in [1.807, 2.05) is 11.8 Å². The standard InChI is InChI=1S/C34H29BO2S/c1-33(2)34(3,4)37-35(36-33)27-17-14-22(15-18-27)24-10-5-11-25(20-24)26-16-19-30-29(21-26)28-12-6-8-23-9-7-13-31(38-30)32(23)28/h5-21H,1-4H3. The monoisotopic (exact) mass is 512 g/mol. The van der Waals surface area contributed by atoms with Crippen molar-refractivity contribution < 1.29 is 9.31 Å². The van der Waals surface area contributed by atoms with Crippen LogP contribution >= 0.6 is 11.8 Å². The van der Waals surface area contributed by atoms with Gasteiger partial charge in [-0.15, -0.1) is 0 Å². The molecule has 38 heavy (non-hydrogen) atoms. The van der Waals surface area contributed by atoms with E-state index >= 15 is 0 Å². The lowest BCUT2D eigenvalue weighted by Crippen LogP contribution is -2.41. The fourth-order valence-corrected chi connectivity index (χ4v) is 6.56. The first-order valence-electron chi connectivity index (χ1n) is 13.2. The van der Waals surface area contributed by atoms with Crippen LogP contribution < -0.4 is 5.46 Å². The third-order valence-electron chi connectivity index (χ3n) is 8.32. The summed E-state index contributed by atoms with van der Waals surface area (Å²) in [5.74, 6) is 0. The highest BCUT2D eigenvalue weighted by atomic mass is 32.2. The molecular formula is C34H29BO2S. The van der Waals surface area contributed by atoms with Crippen molar-refractivity contribution in [3.05, 3.63) is 103 Å². The average molecular weight is 512 g/mol. The Bertz CT molecular complexity index is 1680. The van der Waals surface area contributed by atoms with E-state index in [-0.39, 0.29) is 18.3 Å². The molecule has 0 atom stereocenters. The summed E-state index contributed by atoms with van der Waals surface area (Å²) in [6, 6.07) is 37.5. The van der Waals surface area contributed by atoms with Crippen molar-refractivity contribution in [3.8, 4) is 33.4 Å². The van der Waals surface area contributed by atoms with Crippen molar-refractivity contribution in [1.82, 2.24) is 0 Å². The smallest absolute Gasteiger partial charge is 0.399 e. The van der Waals surface area contributed by atoms with Crippen LogP contribution in [0.15, 0.2) is 113 Å². The van der Waals surface area contributed by atoms with Gasteiger partial charge in [-0.3, -0.25) is 0 Å². The predicted molar refractivity (Wildman–Crippen MR) is 160 cm³/mol. The van der Waals surface area contributed by atoms with E-state index in [1.54, 1.807) is 0 Å². The number of rotatable bonds is 3. The van der Waals surface area contributed by atoms with Crippen LogP contribution in [-0.2, 0) is 9.31 Å². The first-order chi connectivity index (χ1) is 18.3. The quantitative estimate of drug-likeness (QED) is 0.221. The molecule has 0 saturated carbocycles. The SMILES string of the molecule is CC1(C)OB(c2ccc(-c3cccc(-c4ccc5c(c4)-c4cccc6cccc(c46)S5)c3)cc2)OC1(C)C. The minimum atomic E-state index is -0.344. The van der Waals surface area contributed by atoms with Crippen LogP contribution in [0.1, 0.15) is 27.7 Å². The lowest BCUT2D eigenvalue weighted by Gasteiger charge is -2.32. The second-order valence-electron chi connectivity index (χ2n) is 11.3. The summed E-state index contributed by atoms with van der Waals surface area (Å²) in [4.78, 5) is 2.65. The van der Waals surface area contributed by atoms with Gasteiger partial charge in [-0.25, -0.2) is 0 Å². The lowest BCUT2D eigenvalue weighted by atomic mass is 9.78. The molecule has 0 aliphatic carbocycles. The fourth-order valence-electron chi connectivity index (χ4n) is 5.43. The molecule has 2 aliphatic heterocycles. The molecule has 0 aromatic heterocycles. The Kier molecular flexibility index (Phi) is 5.39. The van der Waals surface area contributed by atoms with E-state index in [9.17, 15) is 0 Å². The predicted octanol–water partition coefficient (Wildman–Crippen LogP) is 8.60. The van der Waals surface area contributed by atoms with Gasteiger partial charge in [0.25, 0.3) is 0 Å². The molecule has 0 spiro atoms. The zero-order valence-corrected chi connectivity index (χ0v) is 22.9. The van der Waals surface area contributed by atoms with E-state index in [4.69, 9.17) is 9.31 Å². The van der Waals surface area contributed by atoms with Gasteiger partial charge >= 0.3 is 7.12 Å².